The highest BCUT2D eigenvalue weighted by Crippen LogP contribution is 2.29. The Hall–Kier alpha value is -0.120. The quantitative estimate of drug-likeness (QED) is 0.758. The first-order valence-electron chi connectivity index (χ1n) is 6.28. The fourth-order valence-electron chi connectivity index (χ4n) is 2.18. The van der Waals surface area contributed by atoms with Crippen LogP contribution < -0.4 is 5.32 Å². The molecule has 0 aliphatic heterocycles. The molecule has 96 valence electrons. The van der Waals surface area contributed by atoms with Crippen molar-refractivity contribution in [2.45, 2.75) is 77.2 Å². The van der Waals surface area contributed by atoms with Gasteiger partial charge in [-0.2, -0.15) is 0 Å². The number of aliphatic hydroxyl groups is 1. The van der Waals surface area contributed by atoms with E-state index in [1.807, 2.05) is 0 Å². The molecule has 1 rings (SSSR count). The van der Waals surface area contributed by atoms with Crippen molar-refractivity contribution in [2.75, 3.05) is 6.61 Å². The van der Waals surface area contributed by atoms with E-state index < -0.39 is 0 Å². The van der Waals surface area contributed by atoms with Gasteiger partial charge in [-0.25, -0.2) is 0 Å². The van der Waals surface area contributed by atoms with E-state index in [-0.39, 0.29) is 17.7 Å². The fraction of sp³-hybridized carbons (Fsp3) is 1.00. The third-order valence-corrected chi connectivity index (χ3v) is 2.95. The Morgan fingerprint density at radius 2 is 1.75 bits per heavy atom. The van der Waals surface area contributed by atoms with E-state index in [0.717, 1.165) is 19.3 Å². The van der Waals surface area contributed by atoms with Crippen molar-refractivity contribution in [3.05, 3.63) is 0 Å². The van der Waals surface area contributed by atoms with Crippen LogP contribution in [-0.4, -0.2) is 35.0 Å². The average Bonchev–Trinajstić information content (AvgIpc) is 1.96. The van der Waals surface area contributed by atoms with Gasteiger partial charge in [0.05, 0.1) is 11.7 Å². The predicted molar refractivity (Wildman–Crippen MR) is 66.6 cm³/mol. The molecule has 1 fully saturated rings. The zero-order chi connectivity index (χ0) is 12.4. The Balaban J connectivity index is 2.21. The average molecular weight is 229 g/mol. The van der Waals surface area contributed by atoms with E-state index in [0.29, 0.717) is 12.1 Å². The first kappa shape index (κ1) is 13.9. The summed E-state index contributed by atoms with van der Waals surface area (Å²) >= 11 is 0. The van der Waals surface area contributed by atoms with E-state index in [4.69, 9.17) is 9.84 Å². The Morgan fingerprint density at radius 3 is 2.19 bits per heavy atom. The summed E-state index contributed by atoms with van der Waals surface area (Å²) in [6.45, 7) is 10.8. The summed E-state index contributed by atoms with van der Waals surface area (Å²) in [5.74, 6) is 0. The zero-order valence-electron chi connectivity index (χ0n) is 11.3. The van der Waals surface area contributed by atoms with E-state index in [1.165, 1.54) is 0 Å². The molecular weight excluding hydrogens is 202 g/mol. The molecule has 16 heavy (non-hydrogen) atoms. The largest absolute Gasteiger partial charge is 0.396 e. The first-order valence-corrected chi connectivity index (χ1v) is 6.28. The summed E-state index contributed by atoms with van der Waals surface area (Å²) in [4.78, 5) is 0. The SMILES string of the molecule is CC(C)(CCO)NC1CC(OC(C)(C)C)C1. The molecule has 0 aromatic rings. The van der Waals surface area contributed by atoms with Crippen molar-refractivity contribution in [3.63, 3.8) is 0 Å². The molecule has 0 bridgehead atoms. The predicted octanol–water partition coefficient (Wildman–Crippen LogP) is 2.08. The van der Waals surface area contributed by atoms with Gasteiger partial charge in [-0.15, -0.1) is 0 Å². The molecule has 0 amide bonds. The highest BCUT2D eigenvalue weighted by Gasteiger charge is 2.35. The van der Waals surface area contributed by atoms with E-state index in [1.54, 1.807) is 0 Å². The number of hydrogen-bond acceptors (Lipinski definition) is 3. The lowest BCUT2D eigenvalue weighted by Gasteiger charge is -2.43. The standard InChI is InChI=1S/C13H27NO2/c1-12(2,3)16-11-8-10(9-11)14-13(4,5)6-7-15/h10-11,14-15H,6-9H2,1-5H3. The number of rotatable bonds is 5. The molecule has 1 aliphatic carbocycles. The molecule has 3 heteroatoms. The number of aliphatic hydroxyl groups excluding tert-OH is 1. The molecule has 0 radical (unpaired) electrons. The molecule has 0 aromatic carbocycles. The van der Waals surface area contributed by atoms with Gasteiger partial charge in [0.15, 0.2) is 0 Å². The van der Waals surface area contributed by atoms with E-state index in [9.17, 15) is 0 Å². The molecule has 0 heterocycles. The van der Waals surface area contributed by atoms with Crippen molar-refractivity contribution in [1.29, 1.82) is 0 Å². The minimum Gasteiger partial charge on any atom is -0.396 e. The van der Waals surface area contributed by atoms with Crippen molar-refractivity contribution in [2.24, 2.45) is 0 Å². The molecule has 0 unspecified atom stereocenters. The molecule has 0 saturated heterocycles. The highest BCUT2D eigenvalue weighted by atomic mass is 16.5. The van der Waals surface area contributed by atoms with Crippen LogP contribution in [0.2, 0.25) is 0 Å². The zero-order valence-corrected chi connectivity index (χ0v) is 11.3. The minimum absolute atomic E-state index is 0.0315. The maximum atomic E-state index is 8.95. The van der Waals surface area contributed by atoms with Gasteiger partial charge in [0, 0.05) is 18.2 Å². The van der Waals surface area contributed by atoms with Crippen LogP contribution in [0.3, 0.4) is 0 Å². The minimum atomic E-state index is -0.0315. The van der Waals surface area contributed by atoms with Gasteiger partial charge in [-0.3, -0.25) is 0 Å². The summed E-state index contributed by atoms with van der Waals surface area (Å²) < 4.78 is 5.89. The summed E-state index contributed by atoms with van der Waals surface area (Å²) in [6.07, 6.45) is 3.38. The number of nitrogens with one attached hydrogen (secondary N) is 1. The second-order valence-corrected chi connectivity index (χ2v) is 6.52. The van der Waals surface area contributed by atoms with Gasteiger partial charge < -0.3 is 15.2 Å². The van der Waals surface area contributed by atoms with Gasteiger partial charge in [-0.05, 0) is 53.9 Å². The lowest BCUT2D eigenvalue weighted by molar-refractivity contribution is -0.105. The molecule has 3 nitrogen and oxygen atoms in total. The lowest BCUT2D eigenvalue weighted by Crippen LogP contribution is -2.55. The topological polar surface area (TPSA) is 41.5 Å². The lowest BCUT2D eigenvalue weighted by atomic mass is 9.85. The van der Waals surface area contributed by atoms with Crippen molar-refractivity contribution < 1.29 is 9.84 Å². The Morgan fingerprint density at radius 1 is 1.19 bits per heavy atom. The van der Waals surface area contributed by atoms with Crippen LogP contribution in [0.5, 0.6) is 0 Å². The van der Waals surface area contributed by atoms with Gasteiger partial charge in [0.2, 0.25) is 0 Å². The van der Waals surface area contributed by atoms with Crippen LogP contribution in [0.4, 0.5) is 0 Å². The second kappa shape index (κ2) is 5.03. The van der Waals surface area contributed by atoms with E-state index in [2.05, 4.69) is 39.9 Å². The molecule has 0 aromatic heterocycles. The fourth-order valence-corrected chi connectivity index (χ4v) is 2.18. The van der Waals surface area contributed by atoms with Crippen LogP contribution in [0, 0.1) is 0 Å². The maximum absolute atomic E-state index is 8.95. The molecule has 2 N–H and O–H groups in total. The van der Waals surface area contributed by atoms with Crippen molar-refractivity contribution >= 4 is 0 Å². The van der Waals surface area contributed by atoms with Crippen molar-refractivity contribution in [1.82, 2.24) is 5.32 Å². The smallest absolute Gasteiger partial charge is 0.0612 e. The Labute approximate surface area is 99.6 Å². The van der Waals surface area contributed by atoms with Gasteiger partial charge in [0.1, 0.15) is 0 Å². The molecule has 1 aliphatic rings. The number of ether oxygens (including phenoxy) is 1. The van der Waals surface area contributed by atoms with Crippen LogP contribution in [-0.2, 0) is 4.74 Å². The van der Waals surface area contributed by atoms with E-state index >= 15 is 0 Å². The van der Waals surface area contributed by atoms with Crippen LogP contribution in [0.25, 0.3) is 0 Å². The van der Waals surface area contributed by atoms with Gasteiger partial charge in [-0.1, -0.05) is 0 Å². The summed E-state index contributed by atoms with van der Waals surface area (Å²) in [5, 5.41) is 12.5. The second-order valence-electron chi connectivity index (χ2n) is 6.52. The van der Waals surface area contributed by atoms with Crippen molar-refractivity contribution in [3.8, 4) is 0 Å². The summed E-state index contributed by atoms with van der Waals surface area (Å²) in [7, 11) is 0. The summed E-state index contributed by atoms with van der Waals surface area (Å²) in [5.41, 5.74) is 0.00235. The molecule has 0 atom stereocenters. The monoisotopic (exact) mass is 229 g/mol. The third-order valence-electron chi connectivity index (χ3n) is 2.95. The van der Waals surface area contributed by atoms with Crippen LogP contribution in [0.1, 0.15) is 53.9 Å². The van der Waals surface area contributed by atoms with Gasteiger partial charge in [0.25, 0.3) is 0 Å². The maximum Gasteiger partial charge on any atom is 0.0612 e. The van der Waals surface area contributed by atoms with Gasteiger partial charge >= 0.3 is 0 Å². The highest BCUT2D eigenvalue weighted by molar-refractivity contribution is 4.92. The van der Waals surface area contributed by atoms with Crippen LogP contribution >= 0.6 is 0 Å². The Kier molecular flexibility index (Phi) is 4.38. The third kappa shape index (κ3) is 4.81. The van der Waals surface area contributed by atoms with Crippen LogP contribution in [0.15, 0.2) is 0 Å². The molecule has 0 spiro atoms. The Bertz CT molecular complexity index is 214. The first-order chi connectivity index (χ1) is 7.22. The summed E-state index contributed by atoms with van der Waals surface area (Å²) in [6, 6.07) is 0.550. The normalized spacial score (nSPS) is 26.6. The number of hydrogen-bond donors (Lipinski definition) is 2. The molecule has 1 saturated carbocycles. The molecular formula is C13H27NO2.